The van der Waals surface area contributed by atoms with E-state index >= 15 is 0 Å². The van der Waals surface area contributed by atoms with Gasteiger partial charge in [0.15, 0.2) is 5.69 Å². The number of H-pyrrole nitrogens is 1. The molecule has 0 spiro atoms. The lowest BCUT2D eigenvalue weighted by molar-refractivity contribution is 0.0690. The average molecular weight is 195 g/mol. The third-order valence-corrected chi connectivity index (χ3v) is 2.76. The van der Waals surface area contributed by atoms with E-state index < -0.39 is 5.97 Å². The summed E-state index contributed by atoms with van der Waals surface area (Å²) in [5, 5.41) is 18.6. The van der Waals surface area contributed by atoms with Crippen molar-refractivity contribution in [2.24, 2.45) is 0 Å². The molecule has 0 aromatic carbocycles. The topological polar surface area (TPSA) is 78.0 Å². The van der Waals surface area contributed by atoms with E-state index in [2.05, 4.69) is 22.4 Å². The Labute approximate surface area is 81.5 Å². The summed E-state index contributed by atoms with van der Waals surface area (Å²) in [6.07, 6.45) is 2.12. The molecule has 1 aliphatic heterocycles. The highest BCUT2D eigenvalue weighted by atomic mass is 16.4. The first-order chi connectivity index (χ1) is 6.62. The van der Waals surface area contributed by atoms with Gasteiger partial charge in [-0.2, -0.15) is 5.10 Å². The largest absolute Gasteiger partial charge is 0.476 e. The fraction of sp³-hybridized carbons (Fsp3) is 0.556. The van der Waals surface area contributed by atoms with Gasteiger partial charge in [-0.1, -0.05) is 0 Å². The molecule has 1 fully saturated rings. The molecule has 0 aliphatic carbocycles. The predicted octanol–water partition coefficient (Wildman–Crippen LogP) is 0.706. The first-order valence-corrected chi connectivity index (χ1v) is 4.66. The molecule has 0 radical (unpaired) electrons. The molecule has 1 aliphatic rings. The minimum absolute atomic E-state index is 0.0786. The molecule has 1 unspecified atom stereocenters. The van der Waals surface area contributed by atoms with Crippen LogP contribution in [-0.2, 0) is 5.54 Å². The molecule has 2 heterocycles. The number of hydrogen-bond donors (Lipinski definition) is 3. The standard InChI is InChI=1S/C9H13N3O2/c1-9(3-2-4-10-9)7-5-6(8(13)14)11-12-7/h5,10H,2-4H2,1H3,(H,11,12)(H,13,14). The summed E-state index contributed by atoms with van der Waals surface area (Å²) in [6.45, 7) is 3.02. The third kappa shape index (κ3) is 1.39. The van der Waals surface area contributed by atoms with Crippen molar-refractivity contribution in [1.29, 1.82) is 0 Å². The zero-order valence-corrected chi connectivity index (χ0v) is 8.00. The predicted molar refractivity (Wildman–Crippen MR) is 50.1 cm³/mol. The molecule has 1 aromatic heterocycles. The van der Waals surface area contributed by atoms with E-state index in [0.717, 1.165) is 25.1 Å². The van der Waals surface area contributed by atoms with Crippen molar-refractivity contribution < 1.29 is 9.90 Å². The van der Waals surface area contributed by atoms with Gasteiger partial charge in [0.05, 0.1) is 11.2 Å². The molecule has 1 atom stereocenters. The number of carboxylic acid groups (broad SMARTS) is 1. The number of hydrogen-bond acceptors (Lipinski definition) is 3. The molecule has 0 saturated carbocycles. The van der Waals surface area contributed by atoms with E-state index in [9.17, 15) is 4.79 Å². The first-order valence-electron chi connectivity index (χ1n) is 4.66. The number of nitrogens with one attached hydrogen (secondary N) is 2. The smallest absolute Gasteiger partial charge is 0.356 e. The Morgan fingerprint density at radius 1 is 1.71 bits per heavy atom. The maximum Gasteiger partial charge on any atom is 0.356 e. The van der Waals surface area contributed by atoms with E-state index in [1.807, 2.05) is 0 Å². The monoisotopic (exact) mass is 195 g/mol. The average Bonchev–Trinajstić information content (AvgIpc) is 2.71. The summed E-state index contributed by atoms with van der Waals surface area (Å²) < 4.78 is 0. The molecular weight excluding hydrogens is 182 g/mol. The van der Waals surface area contributed by atoms with E-state index in [-0.39, 0.29) is 11.2 Å². The van der Waals surface area contributed by atoms with Gasteiger partial charge >= 0.3 is 5.97 Å². The maximum absolute atomic E-state index is 10.6. The Balaban J connectivity index is 2.28. The molecule has 76 valence electrons. The normalized spacial score (nSPS) is 26.6. The van der Waals surface area contributed by atoms with Crippen LogP contribution in [0, 0.1) is 0 Å². The van der Waals surface area contributed by atoms with Crippen LogP contribution >= 0.6 is 0 Å². The molecule has 0 bridgehead atoms. The Kier molecular flexibility index (Phi) is 2.03. The van der Waals surface area contributed by atoms with Crippen LogP contribution in [-0.4, -0.2) is 27.8 Å². The number of aromatic carboxylic acids is 1. The van der Waals surface area contributed by atoms with Crippen LogP contribution in [0.4, 0.5) is 0 Å². The van der Waals surface area contributed by atoms with Gasteiger partial charge in [0.2, 0.25) is 0 Å². The van der Waals surface area contributed by atoms with Crippen LogP contribution in [0.2, 0.25) is 0 Å². The van der Waals surface area contributed by atoms with Gasteiger partial charge in [0.25, 0.3) is 0 Å². The second-order valence-electron chi connectivity index (χ2n) is 3.83. The van der Waals surface area contributed by atoms with Crippen LogP contribution in [0.15, 0.2) is 6.07 Å². The van der Waals surface area contributed by atoms with Crippen molar-refractivity contribution in [1.82, 2.24) is 15.5 Å². The quantitative estimate of drug-likeness (QED) is 0.649. The Hall–Kier alpha value is -1.36. The minimum atomic E-state index is -0.992. The van der Waals surface area contributed by atoms with Crippen molar-refractivity contribution in [3.8, 4) is 0 Å². The van der Waals surface area contributed by atoms with Crippen molar-refractivity contribution in [2.75, 3.05) is 6.54 Å². The molecule has 14 heavy (non-hydrogen) atoms. The molecule has 0 amide bonds. The molecule has 1 saturated heterocycles. The molecular formula is C9H13N3O2. The van der Waals surface area contributed by atoms with Gasteiger partial charge in [0, 0.05) is 0 Å². The van der Waals surface area contributed by atoms with E-state index in [1.54, 1.807) is 6.07 Å². The van der Waals surface area contributed by atoms with E-state index in [4.69, 9.17) is 5.11 Å². The lowest BCUT2D eigenvalue weighted by Crippen LogP contribution is -2.33. The summed E-state index contributed by atoms with van der Waals surface area (Å²) >= 11 is 0. The highest BCUT2D eigenvalue weighted by Crippen LogP contribution is 2.28. The third-order valence-electron chi connectivity index (χ3n) is 2.76. The first kappa shape index (κ1) is 9.21. The van der Waals surface area contributed by atoms with Crippen molar-refractivity contribution >= 4 is 5.97 Å². The summed E-state index contributed by atoms with van der Waals surface area (Å²) in [6, 6.07) is 1.60. The molecule has 2 rings (SSSR count). The van der Waals surface area contributed by atoms with Gasteiger partial charge in [-0.15, -0.1) is 0 Å². The summed E-state index contributed by atoms with van der Waals surface area (Å²) in [7, 11) is 0. The second-order valence-corrected chi connectivity index (χ2v) is 3.83. The van der Waals surface area contributed by atoms with Crippen LogP contribution in [0.5, 0.6) is 0 Å². The Morgan fingerprint density at radius 2 is 2.50 bits per heavy atom. The highest BCUT2D eigenvalue weighted by Gasteiger charge is 2.32. The number of carboxylic acids is 1. The van der Waals surface area contributed by atoms with Gasteiger partial charge in [-0.3, -0.25) is 5.10 Å². The van der Waals surface area contributed by atoms with E-state index in [0.29, 0.717) is 0 Å². The maximum atomic E-state index is 10.6. The summed E-state index contributed by atoms with van der Waals surface area (Å²) in [5.74, 6) is -0.992. The minimum Gasteiger partial charge on any atom is -0.476 e. The molecule has 3 N–H and O–H groups in total. The molecule has 5 heteroatoms. The van der Waals surface area contributed by atoms with Gasteiger partial charge < -0.3 is 10.4 Å². The summed E-state index contributed by atoms with van der Waals surface area (Å²) in [4.78, 5) is 10.6. The van der Waals surface area contributed by atoms with Gasteiger partial charge in [0.1, 0.15) is 0 Å². The van der Waals surface area contributed by atoms with Crippen LogP contribution < -0.4 is 5.32 Å². The number of rotatable bonds is 2. The van der Waals surface area contributed by atoms with Crippen molar-refractivity contribution in [3.63, 3.8) is 0 Å². The Morgan fingerprint density at radius 3 is 3.00 bits per heavy atom. The van der Waals surface area contributed by atoms with Crippen LogP contribution in [0.25, 0.3) is 0 Å². The fourth-order valence-electron chi connectivity index (χ4n) is 1.84. The lowest BCUT2D eigenvalue weighted by atomic mass is 9.96. The highest BCUT2D eigenvalue weighted by molar-refractivity contribution is 5.85. The fourth-order valence-corrected chi connectivity index (χ4v) is 1.84. The lowest BCUT2D eigenvalue weighted by Gasteiger charge is -2.21. The van der Waals surface area contributed by atoms with Crippen LogP contribution in [0.1, 0.15) is 35.9 Å². The zero-order valence-electron chi connectivity index (χ0n) is 8.00. The van der Waals surface area contributed by atoms with E-state index in [1.165, 1.54) is 0 Å². The Bertz CT molecular complexity index is 353. The van der Waals surface area contributed by atoms with Crippen LogP contribution in [0.3, 0.4) is 0 Å². The van der Waals surface area contributed by atoms with Gasteiger partial charge in [-0.25, -0.2) is 4.79 Å². The van der Waals surface area contributed by atoms with Crippen molar-refractivity contribution in [2.45, 2.75) is 25.3 Å². The number of aromatic nitrogens is 2. The summed E-state index contributed by atoms with van der Waals surface area (Å²) in [5.41, 5.74) is 0.795. The second kappa shape index (κ2) is 3.09. The molecule has 1 aromatic rings. The SMILES string of the molecule is CC1(c2cc(C(=O)O)n[nH]2)CCCN1. The number of nitrogens with zero attached hydrogens (tertiary/aromatic N) is 1. The number of aromatic amines is 1. The zero-order chi connectivity index (χ0) is 10.2. The van der Waals surface area contributed by atoms with Gasteiger partial charge in [-0.05, 0) is 32.4 Å². The van der Waals surface area contributed by atoms with Crippen molar-refractivity contribution in [3.05, 3.63) is 17.5 Å². The molecule has 5 nitrogen and oxygen atoms in total. The number of carbonyl (C=O) groups is 1.